The third-order valence-corrected chi connectivity index (χ3v) is 5.19. The van der Waals surface area contributed by atoms with E-state index in [-0.39, 0.29) is 6.04 Å². The molecule has 0 aliphatic carbocycles. The highest BCUT2D eigenvalue weighted by Crippen LogP contribution is 2.27. The van der Waals surface area contributed by atoms with Gasteiger partial charge in [-0.15, -0.1) is 0 Å². The summed E-state index contributed by atoms with van der Waals surface area (Å²) in [4.78, 5) is 0. The first-order valence-electron chi connectivity index (χ1n) is 7.94. The summed E-state index contributed by atoms with van der Waals surface area (Å²) in [5.74, 6) is 1.77. The van der Waals surface area contributed by atoms with E-state index < -0.39 is 11.6 Å². The molecule has 1 N–H and O–H groups in total. The quantitative estimate of drug-likeness (QED) is 0.800. The van der Waals surface area contributed by atoms with Gasteiger partial charge in [0.2, 0.25) is 0 Å². The van der Waals surface area contributed by atoms with Gasteiger partial charge in [0.05, 0.1) is 0 Å². The molecule has 1 saturated heterocycles. The fraction of sp³-hybridized carbons (Fsp3) is 0.647. The first-order chi connectivity index (χ1) is 10.2. The van der Waals surface area contributed by atoms with E-state index in [1.165, 1.54) is 30.4 Å². The van der Waals surface area contributed by atoms with Gasteiger partial charge in [0.1, 0.15) is 0 Å². The van der Waals surface area contributed by atoms with Gasteiger partial charge in [-0.05, 0) is 67.7 Å². The molecule has 4 heteroatoms. The van der Waals surface area contributed by atoms with Crippen LogP contribution in [0.1, 0.15) is 38.2 Å². The molecule has 0 radical (unpaired) electrons. The number of halogens is 2. The number of nitrogens with one attached hydrogen (secondary N) is 1. The molecule has 1 aromatic carbocycles. The van der Waals surface area contributed by atoms with E-state index in [0.29, 0.717) is 12.0 Å². The van der Waals surface area contributed by atoms with Gasteiger partial charge in [-0.25, -0.2) is 8.78 Å². The minimum Gasteiger partial charge on any atom is -0.314 e. The lowest BCUT2D eigenvalue weighted by molar-refractivity contribution is 0.358. The molecule has 1 aromatic rings. The van der Waals surface area contributed by atoms with Gasteiger partial charge in [0, 0.05) is 6.04 Å². The molecule has 1 atom stereocenters. The van der Waals surface area contributed by atoms with Crippen LogP contribution in [0.4, 0.5) is 8.78 Å². The molecular formula is C17H25F2NS. The van der Waals surface area contributed by atoms with Gasteiger partial charge in [0.15, 0.2) is 11.6 Å². The van der Waals surface area contributed by atoms with Crippen molar-refractivity contribution in [3.8, 4) is 0 Å². The van der Waals surface area contributed by atoms with Crippen molar-refractivity contribution in [1.82, 2.24) is 5.32 Å². The standard InChI is InChI=1S/C17H25F2NS/c1-2-8-20-15(11-13-6-9-21-10-7-13)12-14-4-3-5-16(18)17(14)19/h3-5,13,15,20H,2,6-12H2,1H3. The Labute approximate surface area is 130 Å². The molecule has 21 heavy (non-hydrogen) atoms. The summed E-state index contributed by atoms with van der Waals surface area (Å²) in [5.41, 5.74) is 0.494. The highest BCUT2D eigenvalue weighted by atomic mass is 32.2. The SMILES string of the molecule is CCCNC(Cc1cccc(F)c1F)CC1CCSCC1. The lowest BCUT2D eigenvalue weighted by atomic mass is 9.91. The third-order valence-electron chi connectivity index (χ3n) is 4.14. The minimum absolute atomic E-state index is 0.245. The van der Waals surface area contributed by atoms with E-state index >= 15 is 0 Å². The lowest BCUT2D eigenvalue weighted by Gasteiger charge is -2.27. The molecule has 1 aliphatic rings. The van der Waals surface area contributed by atoms with Crippen molar-refractivity contribution >= 4 is 11.8 Å². The number of thioether (sulfide) groups is 1. The van der Waals surface area contributed by atoms with Crippen molar-refractivity contribution in [3.63, 3.8) is 0 Å². The maximum Gasteiger partial charge on any atom is 0.162 e. The Balaban J connectivity index is 1.99. The van der Waals surface area contributed by atoms with Crippen molar-refractivity contribution in [3.05, 3.63) is 35.4 Å². The normalized spacial score (nSPS) is 17.9. The van der Waals surface area contributed by atoms with Crippen LogP contribution in [0, 0.1) is 17.6 Å². The molecule has 1 heterocycles. The molecule has 0 amide bonds. The zero-order valence-electron chi connectivity index (χ0n) is 12.7. The molecule has 1 unspecified atom stereocenters. The van der Waals surface area contributed by atoms with Crippen LogP contribution >= 0.6 is 11.8 Å². The summed E-state index contributed by atoms with van der Waals surface area (Å²) in [6.45, 7) is 3.06. The van der Waals surface area contributed by atoms with Gasteiger partial charge in [-0.2, -0.15) is 11.8 Å². The molecule has 0 aromatic heterocycles. The van der Waals surface area contributed by atoms with E-state index in [4.69, 9.17) is 0 Å². The second-order valence-electron chi connectivity index (χ2n) is 5.86. The highest BCUT2D eigenvalue weighted by Gasteiger charge is 2.20. The Morgan fingerprint density at radius 2 is 2.05 bits per heavy atom. The van der Waals surface area contributed by atoms with Crippen molar-refractivity contribution in [2.45, 2.75) is 45.1 Å². The second kappa shape index (κ2) is 8.74. The second-order valence-corrected chi connectivity index (χ2v) is 7.08. The highest BCUT2D eigenvalue weighted by molar-refractivity contribution is 7.99. The molecule has 118 valence electrons. The third kappa shape index (κ3) is 5.26. The maximum absolute atomic E-state index is 13.9. The van der Waals surface area contributed by atoms with Gasteiger partial charge < -0.3 is 5.32 Å². The largest absolute Gasteiger partial charge is 0.314 e. The van der Waals surface area contributed by atoms with E-state index in [9.17, 15) is 8.78 Å². The minimum atomic E-state index is -0.740. The van der Waals surface area contributed by atoms with E-state index in [1.807, 2.05) is 11.8 Å². The van der Waals surface area contributed by atoms with Crippen LogP contribution < -0.4 is 5.32 Å². The van der Waals surface area contributed by atoms with E-state index in [2.05, 4.69) is 12.2 Å². The first kappa shape index (κ1) is 16.8. The summed E-state index contributed by atoms with van der Waals surface area (Å²) < 4.78 is 27.2. The van der Waals surface area contributed by atoms with E-state index in [0.717, 1.165) is 25.3 Å². The average molecular weight is 313 g/mol. The van der Waals surface area contributed by atoms with Gasteiger partial charge >= 0.3 is 0 Å². The molecule has 1 aliphatic heterocycles. The Morgan fingerprint density at radius 3 is 2.76 bits per heavy atom. The fourth-order valence-electron chi connectivity index (χ4n) is 2.94. The van der Waals surface area contributed by atoms with Crippen LogP contribution in [0.25, 0.3) is 0 Å². The molecular weight excluding hydrogens is 288 g/mol. The maximum atomic E-state index is 13.9. The Hall–Kier alpha value is -0.610. The van der Waals surface area contributed by atoms with Crippen LogP contribution in [0.5, 0.6) is 0 Å². The Morgan fingerprint density at radius 1 is 1.29 bits per heavy atom. The van der Waals surface area contributed by atoms with Gasteiger partial charge in [0.25, 0.3) is 0 Å². The van der Waals surface area contributed by atoms with Crippen molar-refractivity contribution in [2.24, 2.45) is 5.92 Å². The lowest BCUT2D eigenvalue weighted by Crippen LogP contribution is -2.34. The molecule has 0 spiro atoms. The van der Waals surface area contributed by atoms with Crippen LogP contribution in [-0.2, 0) is 6.42 Å². The summed E-state index contributed by atoms with van der Waals surface area (Å²) in [6, 6.07) is 4.73. The Bertz CT molecular complexity index is 433. The first-order valence-corrected chi connectivity index (χ1v) is 9.10. The summed E-state index contributed by atoms with van der Waals surface area (Å²) in [6.07, 6.45) is 5.20. The van der Waals surface area contributed by atoms with Crippen LogP contribution in [0.2, 0.25) is 0 Å². The van der Waals surface area contributed by atoms with Crippen LogP contribution in [0.15, 0.2) is 18.2 Å². The Kier molecular flexibility index (Phi) is 6.97. The monoisotopic (exact) mass is 313 g/mol. The molecule has 0 saturated carbocycles. The van der Waals surface area contributed by atoms with Crippen LogP contribution in [0.3, 0.4) is 0 Å². The molecule has 1 nitrogen and oxygen atoms in total. The predicted octanol–water partition coefficient (Wildman–Crippen LogP) is 4.41. The van der Waals surface area contributed by atoms with Crippen LogP contribution in [-0.4, -0.2) is 24.1 Å². The van der Waals surface area contributed by atoms with Gasteiger partial charge in [-0.1, -0.05) is 19.1 Å². The fourth-order valence-corrected chi connectivity index (χ4v) is 4.15. The number of hydrogen-bond acceptors (Lipinski definition) is 2. The molecule has 2 rings (SSSR count). The zero-order chi connectivity index (χ0) is 15.1. The molecule has 1 fully saturated rings. The summed E-state index contributed by atoms with van der Waals surface area (Å²) >= 11 is 2.02. The topological polar surface area (TPSA) is 12.0 Å². The average Bonchev–Trinajstić information content (AvgIpc) is 2.50. The smallest absolute Gasteiger partial charge is 0.162 e. The summed E-state index contributed by atoms with van der Waals surface area (Å²) in [5, 5.41) is 3.52. The number of hydrogen-bond donors (Lipinski definition) is 1. The van der Waals surface area contributed by atoms with Crippen molar-refractivity contribution in [1.29, 1.82) is 0 Å². The molecule has 0 bridgehead atoms. The zero-order valence-corrected chi connectivity index (χ0v) is 13.5. The predicted molar refractivity (Wildman–Crippen MR) is 86.8 cm³/mol. The van der Waals surface area contributed by atoms with E-state index in [1.54, 1.807) is 12.1 Å². The van der Waals surface area contributed by atoms with Crippen molar-refractivity contribution < 1.29 is 8.78 Å². The number of benzene rings is 1. The van der Waals surface area contributed by atoms with Gasteiger partial charge in [-0.3, -0.25) is 0 Å². The summed E-state index contributed by atoms with van der Waals surface area (Å²) in [7, 11) is 0. The van der Waals surface area contributed by atoms with Crippen molar-refractivity contribution in [2.75, 3.05) is 18.1 Å². The number of rotatable bonds is 7.